The van der Waals surface area contributed by atoms with Crippen LogP contribution in [0.5, 0.6) is 5.75 Å². The van der Waals surface area contributed by atoms with E-state index in [4.69, 9.17) is 4.74 Å². The van der Waals surface area contributed by atoms with Crippen LogP contribution in [0, 0.1) is 13.8 Å². The van der Waals surface area contributed by atoms with Crippen molar-refractivity contribution >= 4 is 27.7 Å². The number of benzene rings is 3. The van der Waals surface area contributed by atoms with Gasteiger partial charge in [-0.15, -0.1) is 0 Å². The molecule has 3 rings (SSSR count). The van der Waals surface area contributed by atoms with E-state index in [1.54, 1.807) is 4.90 Å². The number of rotatable bonds is 10. The predicted octanol–water partition coefficient (Wildman–Crippen LogP) is 5.61. The fraction of sp³-hybridized carbons (Fsp3) is 0.310. The van der Waals surface area contributed by atoms with Crippen LogP contribution in [-0.2, 0) is 22.6 Å². The number of halogens is 1. The fourth-order valence-electron chi connectivity index (χ4n) is 3.93. The molecule has 35 heavy (non-hydrogen) atoms. The molecule has 2 amide bonds. The first kappa shape index (κ1) is 26.5. The lowest BCUT2D eigenvalue weighted by atomic mass is 10.0. The molecule has 0 fully saturated rings. The first-order valence-electron chi connectivity index (χ1n) is 11.8. The van der Waals surface area contributed by atoms with Crippen LogP contribution in [0.15, 0.2) is 77.3 Å². The number of carbonyl (C=O) groups excluding carboxylic acids is 2. The first-order chi connectivity index (χ1) is 16.7. The van der Waals surface area contributed by atoms with E-state index < -0.39 is 6.04 Å². The minimum absolute atomic E-state index is 0.0422. The Balaban J connectivity index is 1.90. The zero-order valence-electron chi connectivity index (χ0n) is 20.8. The van der Waals surface area contributed by atoms with Gasteiger partial charge in [-0.25, -0.2) is 0 Å². The highest BCUT2D eigenvalue weighted by molar-refractivity contribution is 9.10. The molecule has 184 valence electrons. The Morgan fingerprint density at radius 2 is 1.46 bits per heavy atom. The van der Waals surface area contributed by atoms with Gasteiger partial charge in [0.2, 0.25) is 5.91 Å². The lowest BCUT2D eigenvalue weighted by Crippen LogP contribution is -2.52. The third-order valence-corrected chi connectivity index (χ3v) is 6.92. The standard InChI is InChI=1S/C29H33BrN2O3/c1-20(2)31-29(34)26(17-23-11-7-5-8-12-23)32(18-24-13-9-6-10-14-24)27(33)19-35-25-15-21(3)28(30)22(4)16-25/h5-16,20,26H,17-19H2,1-4H3,(H,31,34)/t26-/m0/s1. The molecule has 0 saturated carbocycles. The van der Waals surface area contributed by atoms with Gasteiger partial charge in [-0.2, -0.15) is 0 Å². The van der Waals surface area contributed by atoms with Gasteiger partial charge >= 0.3 is 0 Å². The average molecular weight is 537 g/mol. The van der Waals surface area contributed by atoms with Gasteiger partial charge in [-0.1, -0.05) is 76.6 Å². The van der Waals surface area contributed by atoms with Crippen molar-refractivity contribution in [1.29, 1.82) is 0 Å². The lowest BCUT2D eigenvalue weighted by molar-refractivity contribution is -0.143. The van der Waals surface area contributed by atoms with Crippen LogP contribution in [0.1, 0.15) is 36.1 Å². The van der Waals surface area contributed by atoms with Gasteiger partial charge in [-0.05, 0) is 62.1 Å². The lowest BCUT2D eigenvalue weighted by Gasteiger charge is -2.32. The van der Waals surface area contributed by atoms with Crippen LogP contribution in [0.4, 0.5) is 0 Å². The Bertz CT molecular complexity index is 1110. The molecule has 0 heterocycles. The average Bonchev–Trinajstić information content (AvgIpc) is 2.84. The third-order valence-electron chi connectivity index (χ3n) is 5.67. The van der Waals surface area contributed by atoms with Gasteiger partial charge in [-0.3, -0.25) is 9.59 Å². The molecule has 0 saturated heterocycles. The Labute approximate surface area is 216 Å². The van der Waals surface area contributed by atoms with E-state index in [1.807, 2.05) is 100 Å². The molecule has 0 bridgehead atoms. The highest BCUT2D eigenvalue weighted by atomic mass is 79.9. The molecule has 6 heteroatoms. The van der Waals surface area contributed by atoms with Crippen molar-refractivity contribution in [3.63, 3.8) is 0 Å². The number of nitrogens with zero attached hydrogens (tertiary/aromatic N) is 1. The fourth-order valence-corrected chi connectivity index (χ4v) is 4.16. The van der Waals surface area contributed by atoms with Crippen molar-refractivity contribution in [2.45, 2.75) is 52.7 Å². The summed E-state index contributed by atoms with van der Waals surface area (Å²) in [6.07, 6.45) is 0.411. The minimum atomic E-state index is -0.676. The van der Waals surface area contributed by atoms with Crippen molar-refractivity contribution in [3.05, 3.63) is 99.5 Å². The summed E-state index contributed by atoms with van der Waals surface area (Å²) >= 11 is 3.56. The molecule has 0 spiro atoms. The second kappa shape index (κ2) is 12.5. The summed E-state index contributed by atoms with van der Waals surface area (Å²) in [6, 6.07) is 22.6. The number of hydrogen-bond acceptors (Lipinski definition) is 3. The maximum Gasteiger partial charge on any atom is 0.261 e. The summed E-state index contributed by atoms with van der Waals surface area (Å²) in [4.78, 5) is 28.6. The summed E-state index contributed by atoms with van der Waals surface area (Å²) in [5, 5.41) is 3.00. The summed E-state index contributed by atoms with van der Waals surface area (Å²) in [6.45, 7) is 7.96. The number of ether oxygens (including phenoxy) is 1. The third kappa shape index (κ3) is 7.69. The second-order valence-corrected chi connectivity index (χ2v) is 9.83. The summed E-state index contributed by atoms with van der Waals surface area (Å²) in [7, 11) is 0. The van der Waals surface area contributed by atoms with E-state index in [1.165, 1.54) is 0 Å². The molecule has 0 aliphatic carbocycles. The molecule has 1 atom stereocenters. The monoisotopic (exact) mass is 536 g/mol. The SMILES string of the molecule is Cc1cc(OCC(=O)N(Cc2ccccc2)[C@@H](Cc2ccccc2)C(=O)NC(C)C)cc(C)c1Br. The Hall–Kier alpha value is -3.12. The van der Waals surface area contributed by atoms with Crippen LogP contribution in [0.2, 0.25) is 0 Å². The number of hydrogen-bond donors (Lipinski definition) is 1. The first-order valence-corrected chi connectivity index (χ1v) is 12.6. The van der Waals surface area contributed by atoms with Gasteiger partial charge < -0.3 is 15.0 Å². The topological polar surface area (TPSA) is 58.6 Å². The van der Waals surface area contributed by atoms with Gasteiger partial charge in [0, 0.05) is 23.5 Å². The molecular formula is C29H33BrN2O3. The van der Waals surface area contributed by atoms with Gasteiger partial charge in [0.1, 0.15) is 11.8 Å². The van der Waals surface area contributed by atoms with E-state index in [0.717, 1.165) is 26.7 Å². The Kier molecular flexibility index (Phi) is 9.49. The molecular weight excluding hydrogens is 504 g/mol. The van der Waals surface area contributed by atoms with Crippen LogP contribution >= 0.6 is 15.9 Å². The highest BCUT2D eigenvalue weighted by Gasteiger charge is 2.31. The number of aryl methyl sites for hydroxylation is 2. The molecule has 3 aromatic carbocycles. The summed E-state index contributed by atoms with van der Waals surface area (Å²) < 4.78 is 6.94. The zero-order chi connectivity index (χ0) is 25.4. The van der Waals surface area contributed by atoms with E-state index in [2.05, 4.69) is 21.2 Å². The molecule has 0 aromatic heterocycles. The highest BCUT2D eigenvalue weighted by Crippen LogP contribution is 2.26. The van der Waals surface area contributed by atoms with E-state index in [-0.39, 0.29) is 24.5 Å². The molecule has 3 aromatic rings. The molecule has 0 unspecified atom stereocenters. The molecule has 0 aliphatic rings. The Morgan fingerprint density at radius 1 is 0.914 bits per heavy atom. The van der Waals surface area contributed by atoms with Gasteiger partial charge in [0.05, 0.1) is 0 Å². The van der Waals surface area contributed by atoms with Crippen molar-refractivity contribution < 1.29 is 14.3 Å². The molecule has 0 radical (unpaired) electrons. The quantitative estimate of drug-likeness (QED) is 0.366. The van der Waals surface area contributed by atoms with Crippen LogP contribution < -0.4 is 10.1 Å². The van der Waals surface area contributed by atoms with Gasteiger partial charge in [0.15, 0.2) is 6.61 Å². The predicted molar refractivity (Wildman–Crippen MR) is 143 cm³/mol. The van der Waals surface area contributed by atoms with E-state index in [0.29, 0.717) is 18.7 Å². The Morgan fingerprint density at radius 3 is 2.00 bits per heavy atom. The largest absolute Gasteiger partial charge is 0.484 e. The molecule has 1 N–H and O–H groups in total. The molecule has 5 nitrogen and oxygen atoms in total. The van der Waals surface area contributed by atoms with Crippen LogP contribution in [0.3, 0.4) is 0 Å². The zero-order valence-corrected chi connectivity index (χ0v) is 22.3. The normalized spacial score (nSPS) is 11.7. The van der Waals surface area contributed by atoms with Crippen LogP contribution in [0.25, 0.3) is 0 Å². The van der Waals surface area contributed by atoms with Crippen molar-refractivity contribution in [1.82, 2.24) is 10.2 Å². The minimum Gasteiger partial charge on any atom is -0.484 e. The van der Waals surface area contributed by atoms with E-state index in [9.17, 15) is 9.59 Å². The summed E-state index contributed by atoms with van der Waals surface area (Å²) in [5.41, 5.74) is 4.01. The maximum absolute atomic E-state index is 13.6. The molecule has 0 aliphatic heterocycles. The second-order valence-electron chi connectivity index (χ2n) is 9.04. The van der Waals surface area contributed by atoms with Crippen molar-refractivity contribution in [2.75, 3.05) is 6.61 Å². The smallest absolute Gasteiger partial charge is 0.261 e. The van der Waals surface area contributed by atoms with Crippen molar-refractivity contribution in [3.8, 4) is 5.75 Å². The van der Waals surface area contributed by atoms with Crippen molar-refractivity contribution in [2.24, 2.45) is 0 Å². The summed E-state index contributed by atoms with van der Waals surface area (Å²) in [5.74, 6) is 0.206. The van der Waals surface area contributed by atoms with Gasteiger partial charge in [0.25, 0.3) is 5.91 Å². The number of carbonyl (C=O) groups is 2. The number of nitrogens with one attached hydrogen (secondary N) is 1. The maximum atomic E-state index is 13.6. The van der Waals surface area contributed by atoms with E-state index >= 15 is 0 Å². The van der Waals surface area contributed by atoms with Crippen LogP contribution in [-0.4, -0.2) is 35.4 Å². The number of amides is 2.